The Hall–Kier alpha value is -1.18. The molecule has 1 aliphatic rings. The summed E-state index contributed by atoms with van der Waals surface area (Å²) in [4.78, 5) is -0.00868. The fraction of sp³-hybridized carbons (Fsp3) is 0.538. The molecule has 1 aliphatic heterocycles. The molecule has 112 valence electrons. The molecule has 20 heavy (non-hydrogen) atoms. The van der Waals surface area contributed by atoms with Gasteiger partial charge in [-0.25, -0.2) is 17.5 Å². The number of halogens is 1. The topological polar surface area (TPSA) is 81.4 Å². The van der Waals surface area contributed by atoms with E-state index in [1.54, 1.807) is 0 Å². The van der Waals surface area contributed by atoms with Crippen molar-refractivity contribution in [3.8, 4) is 0 Å². The minimum Gasteiger partial charge on any atom is -0.396 e. The van der Waals surface area contributed by atoms with Crippen LogP contribution in [0.1, 0.15) is 18.4 Å². The molecule has 5 nitrogen and oxygen atoms in total. The second kappa shape index (κ2) is 6.07. The third kappa shape index (κ3) is 3.47. The summed E-state index contributed by atoms with van der Waals surface area (Å²) in [5.41, 5.74) is 5.52. The van der Waals surface area contributed by atoms with Gasteiger partial charge in [-0.15, -0.1) is 0 Å². The quantitative estimate of drug-likeness (QED) is 0.824. The van der Waals surface area contributed by atoms with E-state index in [0.29, 0.717) is 13.2 Å². The van der Waals surface area contributed by atoms with Crippen LogP contribution in [0.3, 0.4) is 0 Å². The van der Waals surface area contributed by atoms with E-state index in [-0.39, 0.29) is 22.1 Å². The number of nitrogens with one attached hydrogen (secondary N) is 1. The molecular formula is C13H19FN2O3S. The normalized spacial score (nSPS) is 20.0. The lowest BCUT2D eigenvalue weighted by Gasteiger charge is -2.22. The number of sulfonamides is 1. The Balaban J connectivity index is 2.10. The zero-order valence-corrected chi connectivity index (χ0v) is 12.2. The molecule has 0 aliphatic carbocycles. The van der Waals surface area contributed by atoms with Crippen LogP contribution in [-0.4, -0.2) is 28.2 Å². The second-order valence-corrected chi connectivity index (χ2v) is 6.85. The SMILES string of the molecule is Cc1cc(S(=O)(=O)NCC2CCCOC2)cc(N)c1F. The molecule has 1 heterocycles. The zero-order chi connectivity index (χ0) is 14.8. The van der Waals surface area contributed by atoms with Crippen molar-refractivity contribution in [3.63, 3.8) is 0 Å². The first-order valence-electron chi connectivity index (χ1n) is 6.53. The molecule has 3 N–H and O–H groups in total. The van der Waals surface area contributed by atoms with Gasteiger partial charge in [0.2, 0.25) is 10.0 Å². The minimum absolute atomic E-state index is 0.00868. The summed E-state index contributed by atoms with van der Waals surface area (Å²) in [6, 6.07) is 2.42. The lowest BCUT2D eigenvalue weighted by Crippen LogP contribution is -2.33. The Labute approximate surface area is 118 Å². The van der Waals surface area contributed by atoms with Gasteiger partial charge < -0.3 is 10.5 Å². The molecule has 0 amide bonds. The predicted molar refractivity (Wildman–Crippen MR) is 74.3 cm³/mol. The monoisotopic (exact) mass is 302 g/mol. The van der Waals surface area contributed by atoms with Crippen LogP contribution in [0.25, 0.3) is 0 Å². The maximum Gasteiger partial charge on any atom is 0.240 e. The van der Waals surface area contributed by atoms with Crippen molar-refractivity contribution >= 4 is 15.7 Å². The maximum absolute atomic E-state index is 13.4. The fourth-order valence-electron chi connectivity index (χ4n) is 2.20. The Bertz CT molecular complexity index is 560. The number of anilines is 1. The number of nitrogens with two attached hydrogens (primary N) is 1. The number of hydrogen-bond acceptors (Lipinski definition) is 4. The summed E-state index contributed by atoms with van der Waals surface area (Å²) in [5.74, 6) is -0.401. The Morgan fingerprint density at radius 3 is 2.85 bits per heavy atom. The van der Waals surface area contributed by atoms with Crippen molar-refractivity contribution in [1.82, 2.24) is 4.72 Å². The molecule has 1 aromatic rings. The van der Waals surface area contributed by atoms with Crippen molar-refractivity contribution in [2.24, 2.45) is 5.92 Å². The number of benzene rings is 1. The van der Waals surface area contributed by atoms with Gasteiger partial charge in [-0.05, 0) is 43.4 Å². The number of rotatable bonds is 4. The molecule has 1 atom stereocenters. The highest BCUT2D eigenvalue weighted by Gasteiger charge is 2.20. The van der Waals surface area contributed by atoms with Gasteiger partial charge in [-0.2, -0.15) is 0 Å². The van der Waals surface area contributed by atoms with E-state index in [9.17, 15) is 12.8 Å². The first-order valence-corrected chi connectivity index (χ1v) is 8.01. The number of ether oxygens (including phenoxy) is 1. The molecule has 0 spiro atoms. The molecule has 1 fully saturated rings. The van der Waals surface area contributed by atoms with Crippen LogP contribution in [0, 0.1) is 18.7 Å². The van der Waals surface area contributed by atoms with Crippen molar-refractivity contribution in [2.75, 3.05) is 25.5 Å². The Morgan fingerprint density at radius 1 is 1.50 bits per heavy atom. The standard InChI is InChI=1S/C13H19FN2O3S/c1-9-5-11(6-12(15)13(9)14)20(17,18)16-7-10-3-2-4-19-8-10/h5-6,10,16H,2-4,7-8,15H2,1H3. The number of aryl methyl sites for hydroxylation is 1. The van der Waals surface area contributed by atoms with Crippen molar-refractivity contribution < 1.29 is 17.5 Å². The molecule has 0 saturated carbocycles. The van der Waals surface area contributed by atoms with E-state index in [4.69, 9.17) is 10.5 Å². The maximum atomic E-state index is 13.4. The molecule has 2 rings (SSSR count). The highest BCUT2D eigenvalue weighted by molar-refractivity contribution is 7.89. The minimum atomic E-state index is -3.67. The van der Waals surface area contributed by atoms with E-state index >= 15 is 0 Å². The van der Waals surface area contributed by atoms with Crippen LogP contribution in [0.4, 0.5) is 10.1 Å². The van der Waals surface area contributed by atoms with E-state index in [2.05, 4.69) is 4.72 Å². The highest BCUT2D eigenvalue weighted by atomic mass is 32.2. The third-order valence-electron chi connectivity index (χ3n) is 3.38. The predicted octanol–water partition coefficient (Wildman–Crippen LogP) is 1.42. The molecule has 0 aromatic heterocycles. The van der Waals surface area contributed by atoms with Crippen LogP contribution < -0.4 is 10.5 Å². The molecule has 1 unspecified atom stereocenters. The fourth-order valence-corrected chi connectivity index (χ4v) is 3.43. The average molecular weight is 302 g/mol. The molecule has 0 radical (unpaired) electrons. The lowest BCUT2D eigenvalue weighted by atomic mass is 10.0. The smallest absolute Gasteiger partial charge is 0.240 e. The van der Waals surface area contributed by atoms with Crippen molar-refractivity contribution in [2.45, 2.75) is 24.7 Å². The Morgan fingerprint density at radius 2 is 2.25 bits per heavy atom. The molecule has 0 bridgehead atoms. The lowest BCUT2D eigenvalue weighted by molar-refractivity contribution is 0.0568. The first-order chi connectivity index (χ1) is 9.40. The van der Waals surface area contributed by atoms with E-state index in [1.807, 2.05) is 0 Å². The van der Waals surface area contributed by atoms with Gasteiger partial charge in [0.1, 0.15) is 5.82 Å². The van der Waals surface area contributed by atoms with E-state index < -0.39 is 15.8 Å². The van der Waals surface area contributed by atoms with Gasteiger partial charge in [0, 0.05) is 13.2 Å². The second-order valence-electron chi connectivity index (χ2n) is 5.08. The van der Waals surface area contributed by atoms with Gasteiger partial charge in [-0.3, -0.25) is 0 Å². The van der Waals surface area contributed by atoms with E-state index in [1.165, 1.54) is 13.0 Å². The first kappa shape index (κ1) is 15.2. The summed E-state index contributed by atoms with van der Waals surface area (Å²) in [5, 5.41) is 0. The van der Waals surface area contributed by atoms with Crippen LogP contribution >= 0.6 is 0 Å². The number of nitrogen functional groups attached to an aromatic ring is 1. The van der Waals surface area contributed by atoms with Crippen LogP contribution in [0.15, 0.2) is 17.0 Å². The largest absolute Gasteiger partial charge is 0.396 e. The van der Waals surface area contributed by atoms with Crippen LogP contribution in [0.5, 0.6) is 0 Å². The van der Waals surface area contributed by atoms with E-state index in [0.717, 1.165) is 25.5 Å². The average Bonchev–Trinajstić information content (AvgIpc) is 2.43. The van der Waals surface area contributed by atoms with Crippen LogP contribution in [-0.2, 0) is 14.8 Å². The molecular weight excluding hydrogens is 283 g/mol. The number of hydrogen-bond donors (Lipinski definition) is 2. The summed E-state index contributed by atoms with van der Waals surface area (Å²) in [7, 11) is -3.67. The van der Waals surface area contributed by atoms with Crippen LogP contribution in [0.2, 0.25) is 0 Å². The Kier molecular flexibility index (Phi) is 4.62. The van der Waals surface area contributed by atoms with Gasteiger partial charge in [0.15, 0.2) is 0 Å². The van der Waals surface area contributed by atoms with Gasteiger partial charge >= 0.3 is 0 Å². The third-order valence-corrected chi connectivity index (χ3v) is 4.79. The van der Waals surface area contributed by atoms with Gasteiger partial charge in [0.05, 0.1) is 17.2 Å². The summed E-state index contributed by atoms with van der Waals surface area (Å²) < 4.78 is 45.6. The van der Waals surface area contributed by atoms with Crippen molar-refractivity contribution in [1.29, 1.82) is 0 Å². The van der Waals surface area contributed by atoms with Gasteiger partial charge in [0.25, 0.3) is 0 Å². The van der Waals surface area contributed by atoms with Gasteiger partial charge in [-0.1, -0.05) is 0 Å². The molecule has 1 saturated heterocycles. The summed E-state index contributed by atoms with van der Waals surface area (Å²) in [6.07, 6.45) is 1.88. The summed E-state index contributed by atoms with van der Waals surface area (Å²) >= 11 is 0. The molecule has 7 heteroatoms. The van der Waals surface area contributed by atoms with Crippen molar-refractivity contribution in [3.05, 3.63) is 23.5 Å². The zero-order valence-electron chi connectivity index (χ0n) is 11.4. The molecule has 1 aromatic carbocycles. The highest BCUT2D eigenvalue weighted by Crippen LogP contribution is 2.21. The summed E-state index contributed by atoms with van der Waals surface area (Å²) in [6.45, 7) is 3.10.